The highest BCUT2D eigenvalue weighted by molar-refractivity contribution is 9.10. The summed E-state index contributed by atoms with van der Waals surface area (Å²) in [5, 5.41) is 1.87. The number of hydrogen-bond donors (Lipinski definition) is 0. The Hall–Kier alpha value is -0.0700. The van der Waals surface area contributed by atoms with Gasteiger partial charge in [-0.1, -0.05) is 11.8 Å². The van der Waals surface area contributed by atoms with Crippen molar-refractivity contribution in [3.8, 4) is 0 Å². The van der Waals surface area contributed by atoms with E-state index < -0.39 is 0 Å². The molecule has 0 atom stereocenters. The van der Waals surface area contributed by atoms with E-state index in [0.717, 1.165) is 8.94 Å². The summed E-state index contributed by atoms with van der Waals surface area (Å²) in [6.07, 6.45) is 0. The first-order valence-electron chi connectivity index (χ1n) is 3.03. The van der Waals surface area contributed by atoms with Crippen LogP contribution >= 0.6 is 39.0 Å². The fourth-order valence-corrected chi connectivity index (χ4v) is 2.69. The Morgan fingerprint density at radius 2 is 2.67 bits per heavy atom. The molecule has 1 heterocycles. The third-order valence-corrected chi connectivity index (χ3v) is 3.70. The van der Waals surface area contributed by atoms with E-state index in [4.69, 9.17) is 0 Å². The number of thioether (sulfide) groups is 1. The Balaban J connectivity index is 2.38. The second-order valence-corrected chi connectivity index (χ2v) is 4.69. The summed E-state index contributed by atoms with van der Waals surface area (Å²) >= 11 is 6.10. The Labute approximate surface area is 86.7 Å². The molecule has 0 N–H and O–H groups in total. The van der Waals surface area contributed by atoms with E-state index in [0.29, 0.717) is 5.75 Å². The van der Waals surface area contributed by atoms with Crippen molar-refractivity contribution >= 4 is 45.0 Å². The van der Waals surface area contributed by atoms with Crippen LogP contribution in [-0.4, -0.2) is 23.8 Å². The van der Waals surface area contributed by atoms with Crippen LogP contribution in [0.5, 0.6) is 0 Å². The summed E-state index contributed by atoms with van der Waals surface area (Å²) in [6, 6.07) is 0. The van der Waals surface area contributed by atoms with Gasteiger partial charge in [-0.2, -0.15) is 0 Å². The monoisotopic (exact) mass is 267 g/mol. The van der Waals surface area contributed by atoms with Gasteiger partial charge in [0.15, 0.2) is 4.34 Å². The number of hydrogen-bond acceptors (Lipinski definition) is 5. The van der Waals surface area contributed by atoms with Crippen molar-refractivity contribution in [2.75, 3.05) is 12.9 Å². The fourth-order valence-electron chi connectivity index (χ4n) is 0.485. The maximum absolute atomic E-state index is 10.7. The van der Waals surface area contributed by atoms with E-state index in [1.807, 2.05) is 5.38 Å². The number of methoxy groups -OCH3 is 1. The van der Waals surface area contributed by atoms with Crippen molar-refractivity contribution in [3.05, 3.63) is 9.98 Å². The average molecular weight is 268 g/mol. The lowest BCUT2D eigenvalue weighted by atomic mass is 10.8. The van der Waals surface area contributed by atoms with Gasteiger partial charge in [0.1, 0.15) is 4.60 Å². The maximum Gasteiger partial charge on any atom is 0.316 e. The lowest BCUT2D eigenvalue weighted by Crippen LogP contribution is -2.02. The van der Waals surface area contributed by atoms with Gasteiger partial charge in [0, 0.05) is 5.38 Å². The third-order valence-electron chi connectivity index (χ3n) is 0.996. The summed E-state index contributed by atoms with van der Waals surface area (Å²) in [4.78, 5) is 14.8. The first-order chi connectivity index (χ1) is 5.72. The molecule has 0 fully saturated rings. The van der Waals surface area contributed by atoms with Crippen molar-refractivity contribution in [2.24, 2.45) is 0 Å². The van der Waals surface area contributed by atoms with E-state index in [1.54, 1.807) is 0 Å². The molecule has 0 bridgehead atoms. The molecule has 1 rings (SSSR count). The highest BCUT2D eigenvalue weighted by atomic mass is 79.9. The summed E-state index contributed by atoms with van der Waals surface area (Å²) < 4.78 is 6.16. The minimum Gasteiger partial charge on any atom is -0.468 e. The van der Waals surface area contributed by atoms with Crippen molar-refractivity contribution in [1.82, 2.24) is 4.98 Å². The summed E-state index contributed by atoms with van der Waals surface area (Å²) in [7, 11) is 1.38. The van der Waals surface area contributed by atoms with Gasteiger partial charge in [-0.25, -0.2) is 4.98 Å². The zero-order valence-electron chi connectivity index (χ0n) is 6.24. The number of rotatable bonds is 3. The largest absolute Gasteiger partial charge is 0.468 e. The van der Waals surface area contributed by atoms with Crippen LogP contribution in [0.15, 0.2) is 14.3 Å². The van der Waals surface area contributed by atoms with E-state index in [2.05, 4.69) is 25.7 Å². The number of carbonyl (C=O) groups is 1. The lowest BCUT2D eigenvalue weighted by Gasteiger charge is -1.94. The summed E-state index contributed by atoms with van der Waals surface area (Å²) in [5.74, 6) is 0.0857. The SMILES string of the molecule is COC(=O)CSc1nc(Br)cs1. The van der Waals surface area contributed by atoms with Crippen LogP contribution in [0.3, 0.4) is 0 Å². The van der Waals surface area contributed by atoms with Crippen LogP contribution in [0.2, 0.25) is 0 Å². The summed E-state index contributed by atoms with van der Waals surface area (Å²) in [6.45, 7) is 0. The van der Waals surface area contributed by atoms with Gasteiger partial charge in [0.2, 0.25) is 0 Å². The van der Waals surface area contributed by atoms with E-state index in [9.17, 15) is 4.79 Å². The molecule has 1 aromatic rings. The number of nitrogens with zero attached hydrogens (tertiary/aromatic N) is 1. The minimum atomic E-state index is -0.230. The molecule has 66 valence electrons. The first kappa shape index (κ1) is 10.0. The molecule has 6 heteroatoms. The molecule has 3 nitrogen and oxygen atoms in total. The topological polar surface area (TPSA) is 39.2 Å². The molecule has 0 unspecified atom stereocenters. The van der Waals surface area contributed by atoms with Gasteiger partial charge in [-0.05, 0) is 15.9 Å². The summed E-state index contributed by atoms with van der Waals surface area (Å²) in [5.41, 5.74) is 0. The second-order valence-electron chi connectivity index (χ2n) is 1.80. The van der Waals surface area contributed by atoms with Gasteiger partial charge in [0.05, 0.1) is 12.9 Å². The number of thiazole rings is 1. The predicted molar refractivity (Wildman–Crippen MR) is 52.6 cm³/mol. The van der Waals surface area contributed by atoms with Gasteiger partial charge in [0.25, 0.3) is 0 Å². The van der Waals surface area contributed by atoms with E-state index in [1.165, 1.54) is 30.2 Å². The highest BCUT2D eigenvalue weighted by Crippen LogP contribution is 2.24. The van der Waals surface area contributed by atoms with Gasteiger partial charge >= 0.3 is 5.97 Å². The molecule has 0 saturated carbocycles. The van der Waals surface area contributed by atoms with Gasteiger partial charge < -0.3 is 4.74 Å². The predicted octanol–water partition coefficient (Wildman–Crippen LogP) is 2.17. The van der Waals surface area contributed by atoms with Crippen molar-refractivity contribution in [3.63, 3.8) is 0 Å². The molecular weight excluding hydrogens is 262 g/mol. The third kappa shape index (κ3) is 3.12. The number of carbonyl (C=O) groups excluding carboxylic acids is 1. The minimum absolute atomic E-state index is 0.230. The molecule has 0 amide bonds. The second kappa shape index (κ2) is 4.84. The molecule has 0 aliphatic rings. The molecule has 0 aliphatic heterocycles. The highest BCUT2D eigenvalue weighted by Gasteiger charge is 2.04. The molecule has 0 spiro atoms. The van der Waals surface area contributed by atoms with Crippen LogP contribution in [0, 0.1) is 0 Å². The van der Waals surface area contributed by atoms with Gasteiger partial charge in [-0.3, -0.25) is 4.79 Å². The van der Waals surface area contributed by atoms with Crippen molar-refractivity contribution in [1.29, 1.82) is 0 Å². The Morgan fingerprint density at radius 1 is 1.92 bits per heavy atom. The smallest absolute Gasteiger partial charge is 0.316 e. The Morgan fingerprint density at radius 3 is 3.17 bits per heavy atom. The quantitative estimate of drug-likeness (QED) is 0.622. The van der Waals surface area contributed by atoms with E-state index in [-0.39, 0.29) is 5.97 Å². The van der Waals surface area contributed by atoms with Crippen LogP contribution < -0.4 is 0 Å². The molecule has 12 heavy (non-hydrogen) atoms. The number of ether oxygens (including phenoxy) is 1. The fraction of sp³-hybridized carbons (Fsp3) is 0.333. The number of halogens is 1. The first-order valence-corrected chi connectivity index (χ1v) is 5.69. The van der Waals surface area contributed by atoms with Crippen LogP contribution in [0.4, 0.5) is 0 Å². The molecule has 0 aromatic carbocycles. The van der Waals surface area contributed by atoms with Crippen molar-refractivity contribution < 1.29 is 9.53 Å². The van der Waals surface area contributed by atoms with Crippen LogP contribution in [-0.2, 0) is 9.53 Å². The molecule has 1 aromatic heterocycles. The molecule has 0 radical (unpaired) electrons. The van der Waals surface area contributed by atoms with E-state index >= 15 is 0 Å². The molecular formula is C6H6BrNO2S2. The Kier molecular flexibility index (Phi) is 4.03. The van der Waals surface area contributed by atoms with Crippen LogP contribution in [0.1, 0.15) is 0 Å². The van der Waals surface area contributed by atoms with Crippen LogP contribution in [0.25, 0.3) is 0 Å². The maximum atomic E-state index is 10.7. The zero-order valence-corrected chi connectivity index (χ0v) is 9.46. The number of aromatic nitrogens is 1. The molecule has 0 aliphatic carbocycles. The normalized spacial score (nSPS) is 9.83. The zero-order chi connectivity index (χ0) is 8.97. The van der Waals surface area contributed by atoms with Gasteiger partial charge in [-0.15, -0.1) is 11.3 Å². The average Bonchev–Trinajstić information content (AvgIpc) is 2.47. The Bertz CT molecular complexity index is 276. The standard InChI is InChI=1S/C6H6BrNO2S2/c1-10-5(9)3-12-6-8-4(7)2-11-6/h2H,3H2,1H3. The number of esters is 1. The lowest BCUT2D eigenvalue weighted by molar-refractivity contribution is -0.137. The molecule has 0 saturated heterocycles. The van der Waals surface area contributed by atoms with Crippen molar-refractivity contribution in [2.45, 2.75) is 4.34 Å².